The summed E-state index contributed by atoms with van der Waals surface area (Å²) in [5, 5.41) is 13.9. The Bertz CT molecular complexity index is 6560. The molecule has 0 aliphatic carbocycles. The van der Waals surface area contributed by atoms with Gasteiger partial charge >= 0.3 is 90.3 Å². The molecular weight excluding hydrogens is 2490 g/mol. The van der Waals surface area contributed by atoms with Crippen molar-refractivity contribution < 1.29 is 227 Å². The average molecular weight is 2570 g/mol. The molecule has 4 N–H and O–H groups in total. The Kier molecular flexibility index (Phi) is 42.2. The molecule has 0 aliphatic rings. The van der Waals surface area contributed by atoms with Crippen LogP contribution >= 0.6 is 45.3 Å². The quantitative estimate of drug-likeness (QED) is 0.0332. The van der Waals surface area contributed by atoms with Gasteiger partial charge in [0.1, 0.15) is 56.1 Å². The van der Waals surface area contributed by atoms with E-state index in [0.29, 0.717) is 42.8 Å². The number of amides is 4. The minimum Gasteiger partial charge on any atom is -1.00 e. The maximum atomic E-state index is 12.6. The van der Waals surface area contributed by atoms with E-state index in [0.717, 1.165) is 92.4 Å². The third kappa shape index (κ3) is 35.4. The smallest absolute Gasteiger partial charge is 0.485 e. The zero-order valence-corrected chi connectivity index (χ0v) is 90.7. The second-order valence-electron chi connectivity index (χ2n) is 27.8. The second kappa shape index (κ2) is 53.3. The van der Waals surface area contributed by atoms with Crippen molar-refractivity contribution >= 4 is 151 Å². The first-order valence-electron chi connectivity index (χ1n) is 40.1. The Morgan fingerprint density at radius 3 is 0.638 bits per heavy atom. The number of benzene rings is 13. The summed E-state index contributed by atoms with van der Waals surface area (Å²) in [6.45, 7) is 1.82. The lowest BCUT2D eigenvalue weighted by atomic mass is 10.2. The van der Waals surface area contributed by atoms with E-state index in [2.05, 4.69) is 89.7 Å². The minimum atomic E-state index is -6.09. The van der Waals surface area contributed by atoms with Gasteiger partial charge in [-0.1, -0.05) is 63.0 Å². The highest BCUT2D eigenvalue weighted by Crippen LogP contribution is 2.34. The zero-order chi connectivity index (χ0) is 101. The van der Waals surface area contributed by atoms with Gasteiger partial charge in [0.05, 0.1) is 103 Å². The number of hydrogen-bond acceptors (Lipinski definition) is 30. The molecule has 0 saturated heterocycles. The number of halogens is 9. The predicted molar refractivity (Wildman–Crippen MR) is 499 cm³/mol. The summed E-state index contributed by atoms with van der Waals surface area (Å²) in [4.78, 5) is 68.0. The molecule has 0 atom stereocenters. The van der Waals surface area contributed by atoms with Gasteiger partial charge in [0, 0.05) is 22.3 Å². The van der Waals surface area contributed by atoms with Gasteiger partial charge in [-0.2, -0.15) is 13.2 Å². The maximum Gasteiger partial charge on any atom is 0.485 e. The van der Waals surface area contributed by atoms with Gasteiger partial charge in [-0.25, -0.2) is 55.4 Å². The molecule has 0 bridgehead atoms. The predicted octanol–water partition coefficient (Wildman–Crippen LogP) is -0.0247. The topological polar surface area (TPSA) is 448 Å². The molecule has 0 unspecified atom stereocenters. The van der Waals surface area contributed by atoms with Crippen molar-refractivity contribution in [1.82, 2.24) is 19.9 Å². The summed E-state index contributed by atoms with van der Waals surface area (Å²) < 4.78 is 180. The van der Waals surface area contributed by atoms with E-state index >= 15 is 0 Å². The molecule has 13 aromatic carbocycles. The van der Waals surface area contributed by atoms with Gasteiger partial charge in [-0.15, -0.1) is 10.2 Å². The molecule has 4 amide bonds. The maximum absolute atomic E-state index is 12.6. The Balaban J connectivity index is 0.000000179. The number of thiazole rings is 4. The molecule has 734 valence electrons. The van der Waals surface area contributed by atoms with Gasteiger partial charge in [0.15, 0.2) is 59.2 Å². The van der Waals surface area contributed by atoms with Crippen LogP contribution in [0.1, 0.15) is 47.0 Å². The van der Waals surface area contributed by atoms with E-state index in [4.69, 9.17) is 69.5 Å². The van der Waals surface area contributed by atoms with Crippen molar-refractivity contribution in [2.45, 2.75) is 17.3 Å². The van der Waals surface area contributed by atoms with Crippen molar-refractivity contribution in [3.05, 3.63) is 348 Å². The Labute approximate surface area is 877 Å². The Morgan fingerprint density at radius 1 is 0.305 bits per heavy atom. The summed E-state index contributed by atoms with van der Waals surface area (Å²) in [6.07, 6.45) is 0. The highest BCUT2D eigenvalue weighted by Gasteiger charge is 2.37. The number of rotatable bonds is 25. The number of anilines is 4. The van der Waals surface area contributed by atoms with Gasteiger partial charge in [-0.05, 0) is 286 Å². The van der Waals surface area contributed by atoms with Crippen LogP contribution < -0.4 is 180 Å². The molecule has 30 nitrogen and oxygen atoms in total. The van der Waals surface area contributed by atoms with Gasteiger partial charge < -0.3 is 64.0 Å². The highest BCUT2D eigenvalue weighted by atomic mass is 127. The van der Waals surface area contributed by atoms with Crippen LogP contribution in [-0.2, 0) is 20.2 Å². The standard InChI is InChI=1S/4C22H17IN2O3S.C7H8O3S.CHF3O3S.BrH.ClHO4/c4*1-27-17-9-7-16(8-10-17)23-15-5-3-14(4-6-15)21(26)25-22-24-19-12-11-18(28-2)13-20(19)29-22;1-6-2-4-7(5-3-6)11(8,9)10;2-1(3,4)8(5,6)7;;2-1(3,4)5/h4*3-13H,1-2H3;2-5H,1H3,(H,8,9,10);(H,5,6,7);1H;(H,2,3,4,5). The van der Waals surface area contributed by atoms with Crippen molar-refractivity contribution in [3.63, 3.8) is 0 Å². The van der Waals surface area contributed by atoms with E-state index < -0.39 is 36.0 Å². The lowest BCUT2D eigenvalue weighted by Gasteiger charge is -2.17. The molecule has 0 aliphatic heterocycles. The summed E-state index contributed by atoms with van der Waals surface area (Å²) in [6, 6.07) is 92.1. The van der Waals surface area contributed by atoms with Crippen LogP contribution in [0.3, 0.4) is 0 Å². The fourth-order valence-electron chi connectivity index (χ4n) is 11.4. The zero-order valence-electron chi connectivity index (χ0n) is 74.8. The minimum absolute atomic E-state index is 0. The normalized spacial score (nSPS) is 10.9. The van der Waals surface area contributed by atoms with Crippen molar-refractivity contribution in [1.29, 1.82) is 0 Å². The first-order valence-corrected chi connectivity index (χ1v) is 56.0. The highest BCUT2D eigenvalue weighted by molar-refractivity contribution is 7.86. The monoisotopic (exact) mass is 2570 g/mol. The SMILES string of the molecule is COc1ccc([I+]c2ccc(C(=O)Nc3nc4ccc(OC)cc4s3)cc2)cc1.COc1ccc([I+]c2ccc(C(=O)Nc3nc4ccc(OC)cc4s3)cc2)cc1.COc1ccc([I+]c2ccc(C(=O)Nc3nc4ccc(OC)cc4s3)cc2)cc1.COc1ccc([I+]c2ccc(C(=O)Nc3nc4ccc(OC)cc4s3)cc2)cc1.Cc1ccc(S(=O)(=O)[O-])cc1.O=S(=O)([O-])C(F)(F)F.[Br-].[O-][Cl+3]([O-])([O-])[O-]. The average Bonchev–Trinajstić information content (AvgIpc) is 1.69. The summed E-state index contributed by atoms with van der Waals surface area (Å²) in [7, 11) is -2.12. The lowest BCUT2D eigenvalue weighted by molar-refractivity contribution is -2.00. The Morgan fingerprint density at radius 2 is 0.475 bits per heavy atom. The molecule has 0 fully saturated rings. The number of carbonyl (C=O) groups excluding carboxylic acids is 4. The summed E-state index contributed by atoms with van der Waals surface area (Å²) in [5.74, 6) is 5.88. The molecule has 0 radical (unpaired) electrons. The van der Waals surface area contributed by atoms with Gasteiger partial charge in [-0.3, -0.25) is 40.4 Å². The van der Waals surface area contributed by atoms with Crippen LogP contribution in [0, 0.1) is 45.7 Å². The molecule has 141 heavy (non-hydrogen) atoms. The number of nitrogens with zero attached hydrogens (tertiary/aromatic N) is 4. The fraction of sp³-hybridized carbons (Fsp3) is 0.104. The second-order valence-corrected chi connectivity index (χ2v) is 47.6. The van der Waals surface area contributed by atoms with Crippen LogP contribution in [0.2, 0.25) is 0 Å². The van der Waals surface area contributed by atoms with Crippen LogP contribution in [0.15, 0.2) is 296 Å². The number of fused-ring (bicyclic) bond motifs is 4. The molecule has 17 rings (SSSR count). The van der Waals surface area contributed by atoms with Gasteiger partial charge in [0.25, 0.3) is 23.6 Å². The van der Waals surface area contributed by atoms with Crippen LogP contribution in [-0.4, -0.2) is 132 Å². The molecule has 45 heteroatoms. The van der Waals surface area contributed by atoms with E-state index in [1.165, 1.54) is 86.0 Å². The van der Waals surface area contributed by atoms with Crippen LogP contribution in [0.5, 0.6) is 46.0 Å². The number of nitrogens with one attached hydrogen (secondary N) is 4. The van der Waals surface area contributed by atoms with E-state index in [1.807, 2.05) is 225 Å². The summed E-state index contributed by atoms with van der Waals surface area (Å²) >= 11 is 4.52. The number of carbonyl (C=O) groups is 4. The first-order chi connectivity index (χ1) is 66.8. The number of hydrogen-bond donors (Lipinski definition) is 4. The van der Waals surface area contributed by atoms with E-state index in [9.17, 15) is 45.3 Å². The molecular formula is C96H79BrClF3I4N8O22S6. The first kappa shape index (κ1) is 112. The van der Waals surface area contributed by atoms with Crippen molar-refractivity contribution in [2.75, 3.05) is 78.1 Å². The number of aryl methyl sites for hydroxylation is 1. The van der Waals surface area contributed by atoms with Gasteiger partial charge in [0.2, 0.25) is 0 Å². The number of aromatic nitrogens is 4. The molecule has 4 heterocycles. The lowest BCUT2D eigenvalue weighted by Crippen LogP contribution is -3.61. The van der Waals surface area contributed by atoms with Crippen molar-refractivity contribution in [3.8, 4) is 46.0 Å². The summed E-state index contributed by atoms with van der Waals surface area (Å²) in [5.41, 5.74) is 1.10. The number of ether oxygens (including phenoxy) is 8. The number of alkyl halides is 3. The number of methoxy groups -OCH3 is 8. The largest absolute Gasteiger partial charge is 1.00 e. The Hall–Kier alpha value is -11.2. The van der Waals surface area contributed by atoms with E-state index in [-0.39, 0.29) is 130 Å². The molecule has 17 aromatic rings. The van der Waals surface area contributed by atoms with Crippen LogP contribution in [0.25, 0.3) is 40.9 Å². The third-order valence-corrected chi connectivity index (χ3v) is 34.2. The van der Waals surface area contributed by atoms with Crippen molar-refractivity contribution in [2.24, 2.45) is 0 Å². The molecule has 4 aromatic heterocycles. The van der Waals surface area contributed by atoms with E-state index in [1.54, 1.807) is 69.0 Å². The fourth-order valence-corrected chi connectivity index (χ4v) is 24.1. The molecule has 0 spiro atoms. The molecule has 0 saturated carbocycles. The van der Waals surface area contributed by atoms with Crippen LogP contribution in [0.4, 0.5) is 33.7 Å². The third-order valence-electron chi connectivity index (χ3n) is 18.4.